The van der Waals surface area contributed by atoms with Crippen molar-refractivity contribution >= 4 is 6.21 Å². The maximum atomic E-state index is 5.14. The first kappa shape index (κ1) is 10.6. The Morgan fingerprint density at radius 1 is 1.14 bits per heavy atom. The number of rotatable bonds is 4. The number of hydrogen-bond acceptors (Lipinski definition) is 3. The summed E-state index contributed by atoms with van der Waals surface area (Å²) in [7, 11) is 3.27. The molecule has 0 radical (unpaired) electrons. The first-order chi connectivity index (χ1) is 6.80. The van der Waals surface area contributed by atoms with Gasteiger partial charge >= 0.3 is 0 Å². The van der Waals surface area contributed by atoms with E-state index in [0.29, 0.717) is 0 Å². The Bertz CT molecular complexity index is 299. The van der Waals surface area contributed by atoms with Crippen molar-refractivity contribution < 1.29 is 9.47 Å². The number of aliphatic imine (C=N–C) groups is 1. The second-order valence-corrected chi connectivity index (χ2v) is 2.77. The molecule has 1 rings (SSSR count). The Morgan fingerprint density at radius 3 is 2.14 bits per heavy atom. The van der Waals surface area contributed by atoms with Crippen LogP contribution in [0.25, 0.3) is 0 Å². The fourth-order valence-electron chi connectivity index (χ4n) is 1.10. The van der Waals surface area contributed by atoms with Crippen molar-refractivity contribution in [3.8, 4) is 11.5 Å². The van der Waals surface area contributed by atoms with E-state index in [0.717, 1.165) is 23.6 Å². The minimum Gasteiger partial charge on any atom is -0.497 e. The summed E-state index contributed by atoms with van der Waals surface area (Å²) in [6, 6.07) is 5.67. The molecule has 1 aromatic carbocycles. The van der Waals surface area contributed by atoms with E-state index < -0.39 is 0 Å². The van der Waals surface area contributed by atoms with Crippen LogP contribution in [0.4, 0.5) is 0 Å². The Morgan fingerprint density at radius 2 is 1.71 bits per heavy atom. The molecular formula is C11H15NO2. The summed E-state index contributed by atoms with van der Waals surface area (Å²) in [4.78, 5) is 4.16. The Balaban J connectivity index is 2.98. The van der Waals surface area contributed by atoms with Gasteiger partial charge in [-0.15, -0.1) is 0 Å². The molecule has 0 aliphatic heterocycles. The third-order valence-electron chi connectivity index (χ3n) is 1.80. The second-order valence-electron chi connectivity index (χ2n) is 2.77. The topological polar surface area (TPSA) is 30.8 Å². The molecule has 0 aliphatic carbocycles. The average molecular weight is 193 g/mol. The maximum Gasteiger partial charge on any atom is 0.123 e. The van der Waals surface area contributed by atoms with Gasteiger partial charge in [0.1, 0.15) is 11.5 Å². The Labute approximate surface area is 84.4 Å². The van der Waals surface area contributed by atoms with Crippen LogP contribution >= 0.6 is 0 Å². The molecule has 0 atom stereocenters. The lowest BCUT2D eigenvalue weighted by Crippen LogP contribution is -1.90. The first-order valence-electron chi connectivity index (χ1n) is 4.53. The first-order valence-corrected chi connectivity index (χ1v) is 4.53. The van der Waals surface area contributed by atoms with Crippen LogP contribution in [-0.4, -0.2) is 27.0 Å². The number of ether oxygens (including phenoxy) is 2. The van der Waals surface area contributed by atoms with Gasteiger partial charge in [-0.2, -0.15) is 0 Å². The normalized spacial score (nSPS) is 10.5. The van der Waals surface area contributed by atoms with Crippen LogP contribution in [0.5, 0.6) is 11.5 Å². The van der Waals surface area contributed by atoms with Crippen LogP contribution in [-0.2, 0) is 0 Å². The van der Waals surface area contributed by atoms with Gasteiger partial charge in [0, 0.05) is 18.8 Å². The molecule has 14 heavy (non-hydrogen) atoms. The lowest BCUT2D eigenvalue weighted by molar-refractivity contribution is 0.394. The molecule has 0 spiro atoms. The molecule has 0 bridgehead atoms. The van der Waals surface area contributed by atoms with Crippen molar-refractivity contribution in [2.24, 2.45) is 4.99 Å². The van der Waals surface area contributed by atoms with Crippen molar-refractivity contribution in [1.82, 2.24) is 0 Å². The molecule has 0 saturated heterocycles. The van der Waals surface area contributed by atoms with E-state index in [1.54, 1.807) is 14.2 Å². The highest BCUT2D eigenvalue weighted by Gasteiger charge is 1.98. The van der Waals surface area contributed by atoms with Gasteiger partial charge in [-0.25, -0.2) is 0 Å². The van der Waals surface area contributed by atoms with E-state index in [4.69, 9.17) is 9.47 Å². The zero-order valence-corrected chi connectivity index (χ0v) is 8.78. The summed E-state index contributed by atoms with van der Waals surface area (Å²) in [6.07, 6.45) is 1.81. The lowest BCUT2D eigenvalue weighted by Gasteiger charge is -2.05. The summed E-state index contributed by atoms with van der Waals surface area (Å²) >= 11 is 0. The third kappa shape index (κ3) is 2.76. The van der Waals surface area contributed by atoms with Crippen molar-refractivity contribution in [2.45, 2.75) is 6.92 Å². The minimum absolute atomic E-state index is 0.777. The Kier molecular flexibility index (Phi) is 3.98. The van der Waals surface area contributed by atoms with Gasteiger partial charge in [0.15, 0.2) is 0 Å². The van der Waals surface area contributed by atoms with Crippen LogP contribution in [0.2, 0.25) is 0 Å². The molecule has 0 fully saturated rings. The summed E-state index contributed by atoms with van der Waals surface area (Å²) < 4.78 is 10.3. The molecule has 0 aliphatic rings. The SMILES string of the molecule is CCN=Cc1cc(OC)cc(OC)c1. The molecule has 0 saturated carbocycles. The van der Waals surface area contributed by atoms with Crippen LogP contribution in [0, 0.1) is 0 Å². The average Bonchev–Trinajstić information content (AvgIpc) is 2.25. The highest BCUT2D eigenvalue weighted by Crippen LogP contribution is 2.21. The zero-order valence-electron chi connectivity index (χ0n) is 8.78. The van der Waals surface area contributed by atoms with Crippen molar-refractivity contribution in [3.05, 3.63) is 23.8 Å². The van der Waals surface area contributed by atoms with Crippen molar-refractivity contribution in [1.29, 1.82) is 0 Å². The van der Waals surface area contributed by atoms with E-state index in [1.165, 1.54) is 0 Å². The predicted molar refractivity (Wildman–Crippen MR) is 57.7 cm³/mol. The summed E-state index contributed by atoms with van der Waals surface area (Å²) in [5.41, 5.74) is 0.989. The molecule has 0 N–H and O–H groups in total. The molecule has 3 heteroatoms. The number of nitrogens with zero attached hydrogens (tertiary/aromatic N) is 1. The number of benzene rings is 1. The number of methoxy groups -OCH3 is 2. The monoisotopic (exact) mass is 193 g/mol. The van der Waals surface area contributed by atoms with E-state index in [9.17, 15) is 0 Å². The molecule has 1 aromatic rings. The summed E-state index contributed by atoms with van der Waals surface area (Å²) in [5, 5.41) is 0. The second kappa shape index (κ2) is 5.27. The van der Waals surface area contributed by atoms with Gasteiger partial charge in [0.25, 0.3) is 0 Å². The quantitative estimate of drug-likeness (QED) is 0.686. The lowest BCUT2D eigenvalue weighted by atomic mass is 10.2. The van der Waals surface area contributed by atoms with Gasteiger partial charge in [0.2, 0.25) is 0 Å². The van der Waals surface area contributed by atoms with E-state index in [1.807, 2.05) is 31.3 Å². The molecule has 0 aromatic heterocycles. The van der Waals surface area contributed by atoms with Gasteiger partial charge in [-0.05, 0) is 24.6 Å². The van der Waals surface area contributed by atoms with E-state index in [-0.39, 0.29) is 0 Å². The largest absolute Gasteiger partial charge is 0.497 e. The number of hydrogen-bond donors (Lipinski definition) is 0. The van der Waals surface area contributed by atoms with Crippen LogP contribution < -0.4 is 9.47 Å². The van der Waals surface area contributed by atoms with Crippen molar-refractivity contribution in [2.75, 3.05) is 20.8 Å². The highest BCUT2D eigenvalue weighted by atomic mass is 16.5. The predicted octanol–water partition coefficient (Wildman–Crippen LogP) is 2.14. The van der Waals surface area contributed by atoms with Crippen LogP contribution in [0.3, 0.4) is 0 Å². The maximum absolute atomic E-state index is 5.14. The fraction of sp³-hybridized carbons (Fsp3) is 0.364. The van der Waals surface area contributed by atoms with Gasteiger partial charge in [-0.1, -0.05) is 0 Å². The fourth-order valence-corrected chi connectivity index (χ4v) is 1.10. The minimum atomic E-state index is 0.777. The van der Waals surface area contributed by atoms with Crippen LogP contribution in [0.1, 0.15) is 12.5 Å². The Hall–Kier alpha value is -1.51. The molecule has 3 nitrogen and oxygen atoms in total. The van der Waals surface area contributed by atoms with E-state index in [2.05, 4.69) is 4.99 Å². The zero-order chi connectivity index (χ0) is 10.4. The van der Waals surface area contributed by atoms with Gasteiger partial charge in [0.05, 0.1) is 14.2 Å². The molecule has 76 valence electrons. The molecule has 0 heterocycles. The molecule has 0 amide bonds. The van der Waals surface area contributed by atoms with Gasteiger partial charge in [-0.3, -0.25) is 4.99 Å². The third-order valence-corrected chi connectivity index (χ3v) is 1.80. The van der Waals surface area contributed by atoms with Crippen LogP contribution in [0.15, 0.2) is 23.2 Å². The smallest absolute Gasteiger partial charge is 0.123 e. The molecular weight excluding hydrogens is 178 g/mol. The van der Waals surface area contributed by atoms with Crippen molar-refractivity contribution in [3.63, 3.8) is 0 Å². The van der Waals surface area contributed by atoms with E-state index >= 15 is 0 Å². The summed E-state index contributed by atoms with van der Waals surface area (Å²) in [5.74, 6) is 1.56. The summed E-state index contributed by atoms with van der Waals surface area (Å²) in [6.45, 7) is 2.77. The standard InChI is InChI=1S/C11H15NO2/c1-4-12-8-9-5-10(13-2)7-11(6-9)14-3/h5-8H,4H2,1-3H3. The molecule has 0 unspecified atom stereocenters. The highest BCUT2D eigenvalue weighted by molar-refractivity contribution is 5.81. The van der Waals surface area contributed by atoms with Gasteiger partial charge < -0.3 is 9.47 Å².